The molecule has 0 spiro atoms. The van der Waals surface area contributed by atoms with E-state index in [1.54, 1.807) is 25.1 Å². The lowest BCUT2D eigenvalue weighted by Crippen LogP contribution is -2.45. The van der Waals surface area contributed by atoms with Gasteiger partial charge in [0.05, 0.1) is 0 Å². The van der Waals surface area contributed by atoms with Crippen molar-refractivity contribution < 1.29 is 9.90 Å². The molecule has 5 nitrogen and oxygen atoms in total. The van der Waals surface area contributed by atoms with Crippen LogP contribution < -0.4 is 5.32 Å². The third kappa shape index (κ3) is 2.21. The normalized spacial score (nSPS) is 17.9. The van der Waals surface area contributed by atoms with E-state index in [0.717, 1.165) is 12.8 Å². The molecule has 1 aliphatic rings. The summed E-state index contributed by atoms with van der Waals surface area (Å²) in [5, 5.41) is 20.9. The van der Waals surface area contributed by atoms with E-state index in [2.05, 4.69) is 10.3 Å². The van der Waals surface area contributed by atoms with Gasteiger partial charge in [0.25, 0.3) is 0 Å². The van der Waals surface area contributed by atoms with E-state index in [0.29, 0.717) is 5.82 Å². The highest BCUT2D eigenvalue weighted by molar-refractivity contribution is 5.82. The molecule has 5 heteroatoms. The third-order valence-corrected chi connectivity index (χ3v) is 3.09. The summed E-state index contributed by atoms with van der Waals surface area (Å²) in [7, 11) is 0. The van der Waals surface area contributed by atoms with Crippen LogP contribution in [0, 0.1) is 17.2 Å². The molecule has 0 radical (unpaired) electrons. The molecule has 1 aromatic heterocycles. The molecule has 1 aromatic rings. The Hall–Kier alpha value is -2.09. The van der Waals surface area contributed by atoms with Crippen LogP contribution in [0.5, 0.6) is 0 Å². The lowest BCUT2D eigenvalue weighted by molar-refractivity contribution is -0.142. The number of aromatic nitrogens is 1. The van der Waals surface area contributed by atoms with E-state index >= 15 is 0 Å². The fraction of sp³-hybridized carbons (Fsp3) is 0.417. The van der Waals surface area contributed by atoms with Crippen molar-refractivity contribution in [2.45, 2.75) is 25.3 Å². The molecule has 1 heterocycles. The van der Waals surface area contributed by atoms with Crippen LogP contribution in [-0.2, 0) is 4.79 Å². The summed E-state index contributed by atoms with van der Waals surface area (Å²) in [5.74, 6) is -0.322. The van der Waals surface area contributed by atoms with Crippen LogP contribution in [0.2, 0.25) is 0 Å². The van der Waals surface area contributed by atoms with Gasteiger partial charge in [-0.3, -0.25) is 0 Å². The highest BCUT2D eigenvalue weighted by Crippen LogP contribution is 2.41. The number of hydrogen-bond donors (Lipinski definition) is 2. The monoisotopic (exact) mass is 231 g/mol. The molecular weight excluding hydrogens is 218 g/mol. The van der Waals surface area contributed by atoms with Crippen LogP contribution in [0.4, 0.5) is 5.82 Å². The minimum Gasteiger partial charge on any atom is -0.480 e. The summed E-state index contributed by atoms with van der Waals surface area (Å²) in [6, 6.07) is 6.87. The molecule has 0 bridgehead atoms. The average Bonchev–Trinajstić information content (AvgIpc) is 3.13. The summed E-state index contributed by atoms with van der Waals surface area (Å²) in [6.07, 6.45) is 1.82. The summed E-state index contributed by atoms with van der Waals surface area (Å²) in [4.78, 5) is 15.3. The van der Waals surface area contributed by atoms with Crippen molar-refractivity contribution in [3.8, 4) is 6.07 Å². The second-order valence-corrected chi connectivity index (χ2v) is 4.43. The van der Waals surface area contributed by atoms with Crippen molar-refractivity contribution >= 4 is 11.8 Å². The number of aliphatic carboxylic acids is 1. The molecule has 0 aromatic carbocycles. The van der Waals surface area contributed by atoms with Crippen molar-refractivity contribution in [2.24, 2.45) is 5.92 Å². The Bertz CT molecular complexity index is 491. The first kappa shape index (κ1) is 11.4. The highest BCUT2D eigenvalue weighted by atomic mass is 16.4. The van der Waals surface area contributed by atoms with E-state index in [1.165, 1.54) is 0 Å². The Morgan fingerprint density at radius 3 is 2.88 bits per heavy atom. The van der Waals surface area contributed by atoms with Gasteiger partial charge in [0.15, 0.2) is 0 Å². The van der Waals surface area contributed by atoms with Crippen molar-refractivity contribution in [3.05, 3.63) is 23.9 Å². The van der Waals surface area contributed by atoms with Gasteiger partial charge in [-0.15, -0.1) is 0 Å². The zero-order valence-corrected chi connectivity index (χ0v) is 9.47. The predicted octanol–water partition coefficient (Wildman–Crippen LogP) is 1.62. The molecular formula is C12H13N3O2. The van der Waals surface area contributed by atoms with Gasteiger partial charge in [0.1, 0.15) is 23.1 Å². The molecule has 1 atom stereocenters. The van der Waals surface area contributed by atoms with Crippen LogP contribution in [0.3, 0.4) is 0 Å². The van der Waals surface area contributed by atoms with Crippen LogP contribution >= 0.6 is 0 Å². The minimum atomic E-state index is -0.999. The average molecular weight is 231 g/mol. The molecule has 88 valence electrons. The number of carboxylic acids is 1. The summed E-state index contributed by atoms with van der Waals surface area (Å²) >= 11 is 0. The number of nitriles is 1. The first-order valence-electron chi connectivity index (χ1n) is 5.45. The van der Waals surface area contributed by atoms with Gasteiger partial charge < -0.3 is 10.4 Å². The van der Waals surface area contributed by atoms with Crippen LogP contribution in [0.15, 0.2) is 18.2 Å². The number of hydrogen-bond acceptors (Lipinski definition) is 4. The summed E-state index contributed by atoms with van der Waals surface area (Å²) in [6.45, 7) is 1.66. The van der Waals surface area contributed by atoms with Gasteiger partial charge in [-0.05, 0) is 37.8 Å². The third-order valence-electron chi connectivity index (χ3n) is 3.09. The number of pyridine rings is 1. The number of anilines is 1. The summed E-state index contributed by atoms with van der Waals surface area (Å²) < 4.78 is 0. The topological polar surface area (TPSA) is 86.0 Å². The van der Waals surface area contributed by atoms with Gasteiger partial charge in [-0.25, -0.2) is 9.78 Å². The Kier molecular flexibility index (Phi) is 2.72. The maximum Gasteiger partial charge on any atom is 0.329 e. The molecule has 2 N–H and O–H groups in total. The number of nitrogens with one attached hydrogen (secondary N) is 1. The number of rotatable bonds is 4. The minimum absolute atomic E-state index is 0.132. The first-order valence-corrected chi connectivity index (χ1v) is 5.45. The van der Waals surface area contributed by atoms with Crippen molar-refractivity contribution in [3.63, 3.8) is 0 Å². The number of carbonyl (C=O) groups is 1. The van der Waals surface area contributed by atoms with Gasteiger partial charge >= 0.3 is 5.97 Å². The standard InChI is InChI=1S/C12H13N3O2/c1-12(11(16)17,8-5-6-8)15-10-4-2-3-9(7-13)14-10/h2-4,8H,5-6H2,1H3,(H,14,15)(H,16,17). The van der Waals surface area contributed by atoms with Crippen molar-refractivity contribution in [2.75, 3.05) is 5.32 Å². The number of carboxylic acid groups (broad SMARTS) is 1. The molecule has 0 aliphatic heterocycles. The first-order chi connectivity index (χ1) is 8.06. The van der Waals surface area contributed by atoms with Crippen molar-refractivity contribution in [1.82, 2.24) is 4.98 Å². The maximum absolute atomic E-state index is 11.3. The van der Waals surface area contributed by atoms with Crippen LogP contribution in [0.1, 0.15) is 25.5 Å². The van der Waals surface area contributed by atoms with Gasteiger partial charge in [-0.2, -0.15) is 5.26 Å². The Labute approximate surface area is 99.1 Å². The van der Waals surface area contributed by atoms with Gasteiger partial charge in [0, 0.05) is 0 Å². The Morgan fingerprint density at radius 2 is 2.35 bits per heavy atom. The van der Waals surface area contributed by atoms with E-state index in [-0.39, 0.29) is 11.6 Å². The Balaban J connectivity index is 2.23. The summed E-state index contributed by atoms with van der Waals surface area (Å²) in [5.41, 5.74) is -0.723. The SMILES string of the molecule is CC(Nc1cccc(C#N)n1)(C(=O)O)C1CC1. The molecule has 2 rings (SSSR count). The van der Waals surface area contributed by atoms with E-state index in [4.69, 9.17) is 5.26 Å². The quantitative estimate of drug-likeness (QED) is 0.822. The largest absolute Gasteiger partial charge is 0.480 e. The fourth-order valence-corrected chi connectivity index (χ4v) is 1.82. The predicted molar refractivity (Wildman–Crippen MR) is 61.3 cm³/mol. The zero-order valence-electron chi connectivity index (χ0n) is 9.47. The lowest BCUT2D eigenvalue weighted by atomic mass is 9.96. The molecule has 0 saturated heterocycles. The van der Waals surface area contributed by atoms with Gasteiger partial charge in [-0.1, -0.05) is 6.07 Å². The lowest BCUT2D eigenvalue weighted by Gasteiger charge is -2.26. The molecule has 17 heavy (non-hydrogen) atoms. The smallest absolute Gasteiger partial charge is 0.329 e. The number of nitrogens with zero attached hydrogens (tertiary/aromatic N) is 2. The van der Waals surface area contributed by atoms with Crippen LogP contribution in [-0.4, -0.2) is 21.6 Å². The second-order valence-electron chi connectivity index (χ2n) is 4.43. The molecule has 1 saturated carbocycles. The second kappa shape index (κ2) is 4.06. The van der Waals surface area contributed by atoms with E-state index < -0.39 is 11.5 Å². The van der Waals surface area contributed by atoms with Crippen molar-refractivity contribution in [1.29, 1.82) is 5.26 Å². The molecule has 1 unspecified atom stereocenters. The van der Waals surface area contributed by atoms with Crippen LogP contribution in [0.25, 0.3) is 0 Å². The van der Waals surface area contributed by atoms with E-state index in [1.807, 2.05) is 6.07 Å². The highest BCUT2D eigenvalue weighted by Gasteiger charge is 2.47. The van der Waals surface area contributed by atoms with E-state index in [9.17, 15) is 9.90 Å². The van der Waals surface area contributed by atoms with Gasteiger partial charge in [0.2, 0.25) is 0 Å². The Morgan fingerprint density at radius 1 is 1.65 bits per heavy atom. The molecule has 1 aliphatic carbocycles. The molecule has 1 fully saturated rings. The zero-order chi connectivity index (χ0) is 12.5. The fourth-order valence-electron chi connectivity index (χ4n) is 1.82. The maximum atomic E-state index is 11.3. The molecule has 0 amide bonds.